The van der Waals surface area contributed by atoms with Crippen LogP contribution in [0.2, 0.25) is 0 Å². The Hall–Kier alpha value is -7.62. The first-order valence-corrected chi connectivity index (χ1v) is 48.8. The lowest BCUT2D eigenvalue weighted by atomic mass is 9.92. The van der Waals surface area contributed by atoms with Crippen molar-refractivity contribution in [1.82, 2.24) is 0 Å². The maximum absolute atomic E-state index is 12.9. The molecule has 0 aliphatic carbocycles. The Morgan fingerprint density at radius 3 is 0.787 bits per heavy atom. The maximum Gasteiger partial charge on any atom is 0.268 e. The summed E-state index contributed by atoms with van der Waals surface area (Å²) in [4.78, 5) is 81.1. The first kappa shape index (κ1) is 101. The van der Waals surface area contributed by atoms with E-state index in [0.717, 1.165) is 135 Å². The van der Waals surface area contributed by atoms with Crippen molar-refractivity contribution in [2.24, 2.45) is 0 Å². The molecule has 28 nitrogen and oxygen atoms in total. The van der Waals surface area contributed by atoms with Gasteiger partial charge >= 0.3 is 0 Å². The summed E-state index contributed by atoms with van der Waals surface area (Å²) < 4.78 is 130. The zero-order chi connectivity index (χ0) is 88.6. The molecule has 34 heteroatoms. The van der Waals surface area contributed by atoms with Gasteiger partial charge < -0.3 is 103 Å². The third-order valence-electron chi connectivity index (χ3n) is 18.2. The van der Waals surface area contributed by atoms with E-state index in [9.17, 15) is 56.8 Å². The number of unbranched alkanes of at least 4 members (excludes halogenated alkanes) is 10. The fourth-order valence-electron chi connectivity index (χ4n) is 11.7. The van der Waals surface area contributed by atoms with Gasteiger partial charge in [-0.2, -0.15) is 0 Å². The molecule has 0 heterocycles. The van der Waals surface area contributed by atoms with Gasteiger partial charge in [-0.15, -0.1) is 0 Å². The second-order valence-electron chi connectivity index (χ2n) is 28.5. The lowest BCUT2D eigenvalue weighted by Gasteiger charge is -2.26. The molecule has 0 saturated heterocycles. The van der Waals surface area contributed by atoms with Crippen LogP contribution in [0.3, 0.4) is 0 Å². The highest BCUT2D eigenvalue weighted by atomic mass is 31.2. The van der Waals surface area contributed by atoms with Gasteiger partial charge in [-0.1, -0.05) is 168 Å². The molecule has 8 aromatic rings. The van der Waals surface area contributed by atoms with Crippen molar-refractivity contribution < 1.29 is 111 Å². The summed E-state index contributed by atoms with van der Waals surface area (Å²) in [6.45, 7) is -2.03. The average Bonchev–Trinajstić information content (AvgIpc) is 0.785. The first-order chi connectivity index (χ1) is 58.2. The van der Waals surface area contributed by atoms with Gasteiger partial charge in [-0.25, -0.2) is 0 Å². The third kappa shape index (κ3) is 37.7. The number of rotatable bonds is 48. The van der Waals surface area contributed by atoms with Gasteiger partial charge in [0.05, 0.1) is 79.3 Å². The second kappa shape index (κ2) is 51.7. The van der Waals surface area contributed by atoms with Crippen LogP contribution in [0, 0.1) is 47.4 Å². The lowest BCUT2D eigenvalue weighted by molar-refractivity contribution is -0.236. The van der Waals surface area contributed by atoms with E-state index in [-0.39, 0.29) is 19.8 Å². The summed E-state index contributed by atoms with van der Waals surface area (Å²) in [6, 6.07) is 51.0. The van der Waals surface area contributed by atoms with E-state index < -0.39 is 106 Å². The van der Waals surface area contributed by atoms with Gasteiger partial charge in [-0.05, 0) is 174 Å². The topological polar surface area (TPSA) is 365 Å². The van der Waals surface area contributed by atoms with Gasteiger partial charge in [0, 0.05) is 124 Å². The van der Waals surface area contributed by atoms with Crippen molar-refractivity contribution in [3.63, 3.8) is 0 Å². The summed E-state index contributed by atoms with van der Waals surface area (Å²) in [6.07, 6.45) is 11.2. The molecule has 0 spiro atoms. The zero-order valence-electron chi connectivity index (χ0n) is 70.7. The fourth-order valence-corrected chi connectivity index (χ4v) is 15.9. The highest BCUT2D eigenvalue weighted by Gasteiger charge is 2.20. The van der Waals surface area contributed by atoms with Gasteiger partial charge in [0.1, 0.15) is 0 Å². The van der Waals surface area contributed by atoms with Crippen LogP contribution in [0.1, 0.15) is 153 Å². The SMILES string of the molecule is CCCCCCCOP(=O)([O-])OCCOP(=O)([O-])OCCOP(=O)([O-])OCCCCCc1cc(C#Cc2ccc(N(C)C)cc2)c2ccccc2c1C#Cc1ccc(N(C)C)cc1.CCCCCCCOP(=O)([O-])OCCOP(=O)([O-])OCCOP(=O)([O-])OCc1cc(C#Cc2ccc(N(C)C)cc2)c2ccccc2c1C#Cc1ccc(N(C)C)cc1. The Kier molecular flexibility index (Phi) is 43.0. The Bertz CT molecular complexity index is 5210. The van der Waals surface area contributed by atoms with Crippen LogP contribution in [-0.2, 0) is 94.7 Å². The summed E-state index contributed by atoms with van der Waals surface area (Å²) in [5.41, 5.74) is 11.9. The number of anilines is 4. The Labute approximate surface area is 718 Å². The molecule has 6 atom stereocenters. The van der Waals surface area contributed by atoms with E-state index in [1.165, 1.54) is 0 Å². The van der Waals surface area contributed by atoms with Crippen LogP contribution in [-0.4, -0.2) is 129 Å². The Morgan fingerprint density at radius 1 is 0.262 bits per heavy atom. The number of fused-ring (bicyclic) bond motifs is 2. The first-order valence-electron chi connectivity index (χ1n) is 40.0. The van der Waals surface area contributed by atoms with Gasteiger partial charge in [0.25, 0.3) is 46.9 Å². The predicted octanol–water partition coefficient (Wildman–Crippen LogP) is 14.7. The second-order valence-corrected chi connectivity index (χ2v) is 37.0. The number of phosphoric acid groups is 6. The Morgan fingerprint density at radius 2 is 0.500 bits per heavy atom. The smallest absolute Gasteiger partial charge is 0.268 e. The minimum Gasteiger partial charge on any atom is -0.756 e. The highest BCUT2D eigenvalue weighted by Crippen LogP contribution is 2.45. The van der Waals surface area contributed by atoms with Crippen molar-refractivity contribution in [1.29, 1.82) is 0 Å². The van der Waals surface area contributed by atoms with Crippen molar-refractivity contribution in [3.8, 4) is 47.4 Å². The van der Waals surface area contributed by atoms with Gasteiger partial charge in [0.2, 0.25) is 0 Å². The molecule has 0 radical (unpaired) electrons. The largest absolute Gasteiger partial charge is 0.756 e. The van der Waals surface area contributed by atoms with Crippen molar-refractivity contribution in [2.45, 2.75) is 110 Å². The minimum atomic E-state index is -5.02. The normalized spacial score (nSPS) is 14.2. The minimum absolute atomic E-state index is 0.0366. The molecule has 0 aromatic heterocycles. The lowest BCUT2D eigenvalue weighted by Crippen LogP contribution is -2.17. The predicted molar refractivity (Wildman–Crippen MR) is 466 cm³/mol. The monoisotopic (exact) mass is 1790 g/mol. The van der Waals surface area contributed by atoms with Crippen molar-refractivity contribution >= 4 is 91.2 Å². The molecule has 0 saturated carbocycles. The molecule has 660 valence electrons. The maximum atomic E-state index is 12.9. The van der Waals surface area contributed by atoms with Gasteiger partial charge in [-0.3, -0.25) is 27.4 Å². The molecule has 8 aromatic carbocycles. The van der Waals surface area contributed by atoms with E-state index in [0.29, 0.717) is 55.2 Å². The standard InChI is InChI=1S/C46H61N2O12P3.C42H53N2O12P3/c1-6-7-8-9-14-31-55-61(49,50)57-33-35-59-63(53,54)60-36-34-58-62(51,52)56-32-15-10-11-16-40-37-41(25-19-38-20-26-42(27-21-38)47(2)3)44-17-12-13-18-46(44)45(40)30-24-39-22-28-43(29-23-39)48(4)5;1-6-7-8-9-12-27-51-57(45,46)52-28-29-53-58(47,48)54-30-31-55-59(49,50)56-33-37-32-36(21-15-34-16-22-38(23-17-34)43(2)3)40-13-10-11-14-42(40)41(37)26-20-35-18-24-39(25-19-35)44(4)5/h12-13,17-18,20-23,26-29,37H,6-11,14-16,31-36H2,1-5H3,(H,49,50)(H,51,52)(H,53,54);10-11,13-14,16-19,22-25,32H,6-9,12,27-31,33H2,1-5H3,(H,45,46)(H,47,48)(H,49,50)/p-6. The molecular formula is C88H108N4O24P6-6. The summed E-state index contributed by atoms with van der Waals surface area (Å²) >= 11 is 0. The number of benzene rings is 8. The molecule has 0 aliphatic rings. The van der Waals surface area contributed by atoms with Crippen LogP contribution in [0.25, 0.3) is 21.5 Å². The number of hydrogen-bond donors (Lipinski definition) is 0. The van der Waals surface area contributed by atoms with E-state index in [1.54, 1.807) is 6.07 Å². The van der Waals surface area contributed by atoms with E-state index in [2.05, 4.69) is 107 Å². The number of hydrogen-bond acceptors (Lipinski definition) is 28. The van der Waals surface area contributed by atoms with Crippen LogP contribution < -0.4 is 49.0 Å². The number of phosphoric ester groups is 6. The van der Waals surface area contributed by atoms with Gasteiger partial charge in [0.15, 0.2) is 0 Å². The number of aryl methyl sites for hydroxylation is 1. The molecule has 0 amide bonds. The molecule has 0 aliphatic heterocycles. The quantitative estimate of drug-likeness (QED) is 0.0194. The van der Waals surface area contributed by atoms with Crippen molar-refractivity contribution in [3.05, 3.63) is 213 Å². The van der Waals surface area contributed by atoms with Crippen molar-refractivity contribution in [2.75, 3.05) is 149 Å². The third-order valence-corrected chi connectivity index (χ3v) is 24.1. The number of nitrogens with zero attached hydrogens (tertiary/aromatic N) is 4. The zero-order valence-corrected chi connectivity index (χ0v) is 76.0. The Balaban J connectivity index is 0.000000336. The highest BCUT2D eigenvalue weighted by molar-refractivity contribution is 7.47. The summed E-state index contributed by atoms with van der Waals surface area (Å²) in [5, 5.41) is 3.52. The molecule has 6 unspecified atom stereocenters. The molecule has 0 bridgehead atoms. The summed E-state index contributed by atoms with van der Waals surface area (Å²) in [7, 11) is -13.2. The van der Waals surface area contributed by atoms with Crippen LogP contribution in [0.4, 0.5) is 22.7 Å². The molecular weight excluding hydrogens is 1680 g/mol. The van der Waals surface area contributed by atoms with E-state index >= 15 is 0 Å². The van der Waals surface area contributed by atoms with Crippen LogP contribution in [0.5, 0.6) is 0 Å². The molecule has 122 heavy (non-hydrogen) atoms. The molecule has 0 fully saturated rings. The van der Waals surface area contributed by atoms with E-state index in [1.807, 2.05) is 209 Å². The molecule has 8 rings (SSSR count). The van der Waals surface area contributed by atoms with Crippen LogP contribution >= 0.6 is 46.9 Å². The van der Waals surface area contributed by atoms with Crippen LogP contribution in [0.15, 0.2) is 158 Å². The summed E-state index contributed by atoms with van der Waals surface area (Å²) in [5.74, 6) is 26.3. The van der Waals surface area contributed by atoms with E-state index in [4.69, 9.17) is 27.1 Å². The molecule has 0 N–H and O–H groups in total. The average molecular weight is 1790 g/mol. The fraction of sp³-hybridized carbons (Fsp3) is 0.409.